The number of pyridine rings is 1. The zero-order valence-corrected chi connectivity index (χ0v) is 10.6. The molecule has 0 atom stereocenters. The van der Waals surface area contributed by atoms with Crippen LogP contribution in [0.25, 0.3) is 16.9 Å². The van der Waals surface area contributed by atoms with E-state index in [1.807, 2.05) is 24.3 Å². The zero-order valence-electron chi connectivity index (χ0n) is 10.6. The molecule has 1 aromatic carbocycles. The van der Waals surface area contributed by atoms with Gasteiger partial charge in [-0.15, -0.1) is 0 Å². The fourth-order valence-electron chi connectivity index (χ4n) is 2.27. The highest BCUT2D eigenvalue weighted by atomic mass is 15.0. The first-order valence-electron chi connectivity index (χ1n) is 6.10. The Morgan fingerprint density at radius 2 is 1.61 bits per heavy atom. The van der Waals surface area contributed by atoms with Crippen molar-refractivity contribution >= 4 is 5.65 Å². The van der Waals surface area contributed by atoms with Gasteiger partial charge in [-0.25, -0.2) is 0 Å². The minimum Gasteiger partial charge on any atom is -0.196 e. The molecule has 0 bridgehead atoms. The molecule has 0 spiro atoms. The Kier molecular flexibility index (Phi) is 2.56. The summed E-state index contributed by atoms with van der Waals surface area (Å²) in [6.45, 7) is 4.19. The van der Waals surface area contributed by atoms with E-state index in [0.29, 0.717) is 0 Å². The first-order valence-corrected chi connectivity index (χ1v) is 6.10. The largest absolute Gasteiger partial charge is 0.328 e. The molecule has 3 rings (SSSR count). The van der Waals surface area contributed by atoms with Gasteiger partial charge in [0.2, 0.25) is 0 Å². The Bertz CT molecular complexity index is 703. The lowest BCUT2D eigenvalue weighted by atomic mass is 10.1. The Hall–Kier alpha value is -2.22. The molecule has 2 aromatic heterocycles. The van der Waals surface area contributed by atoms with Gasteiger partial charge in [-0.05, 0) is 18.0 Å². The molecule has 0 saturated heterocycles. The van der Waals surface area contributed by atoms with E-state index in [0.717, 1.165) is 11.3 Å². The molecule has 2 nitrogen and oxygen atoms in total. The molecule has 18 heavy (non-hydrogen) atoms. The molecular weight excluding hydrogens is 220 g/mol. The highest BCUT2D eigenvalue weighted by Crippen LogP contribution is 2.21. The number of hydrogen-bond acceptors (Lipinski definition) is 1. The van der Waals surface area contributed by atoms with E-state index < -0.39 is 0 Å². The molecule has 2 heterocycles. The van der Waals surface area contributed by atoms with Crippen LogP contribution in [0.3, 0.4) is 0 Å². The molecule has 0 saturated carbocycles. The van der Waals surface area contributed by atoms with Crippen LogP contribution in [-0.4, -0.2) is 4.98 Å². The predicted molar refractivity (Wildman–Crippen MR) is 72.3 cm³/mol. The van der Waals surface area contributed by atoms with E-state index in [-0.39, 0.29) is 0 Å². The number of aromatic nitrogens is 2. The summed E-state index contributed by atoms with van der Waals surface area (Å²) in [5, 5.41) is 0. The maximum absolute atomic E-state index is 4.62. The van der Waals surface area contributed by atoms with Crippen LogP contribution in [0.2, 0.25) is 0 Å². The second-order valence-corrected chi connectivity index (χ2v) is 4.47. The Morgan fingerprint density at radius 1 is 0.889 bits per heavy atom. The van der Waals surface area contributed by atoms with Crippen molar-refractivity contribution in [2.24, 2.45) is 0 Å². The number of aryl methyl sites for hydroxylation is 1. The minimum absolute atomic E-state index is 0.986. The number of rotatable bonds is 1. The molecule has 0 unspecified atom stereocenters. The first-order chi connectivity index (χ1) is 8.77. The van der Waals surface area contributed by atoms with Crippen molar-refractivity contribution < 1.29 is 4.40 Å². The summed E-state index contributed by atoms with van der Waals surface area (Å²) in [6.07, 6.45) is 2.07. The number of fused-ring (bicyclic) bond motifs is 1. The van der Waals surface area contributed by atoms with Gasteiger partial charge >= 0.3 is 5.65 Å². The van der Waals surface area contributed by atoms with Crippen molar-refractivity contribution in [2.75, 3.05) is 0 Å². The van der Waals surface area contributed by atoms with Gasteiger partial charge in [0.25, 0.3) is 0 Å². The summed E-state index contributed by atoms with van der Waals surface area (Å²) >= 11 is 0. The van der Waals surface area contributed by atoms with Gasteiger partial charge in [0.1, 0.15) is 5.69 Å². The lowest BCUT2D eigenvalue weighted by molar-refractivity contribution is -0.502. The van der Waals surface area contributed by atoms with Crippen molar-refractivity contribution in [2.45, 2.75) is 13.8 Å². The van der Waals surface area contributed by atoms with Crippen LogP contribution in [0.1, 0.15) is 11.3 Å². The van der Waals surface area contributed by atoms with Crippen LogP contribution < -0.4 is 4.40 Å². The second-order valence-electron chi connectivity index (χ2n) is 4.47. The van der Waals surface area contributed by atoms with Gasteiger partial charge in [-0.3, -0.25) is 0 Å². The van der Waals surface area contributed by atoms with Gasteiger partial charge < -0.3 is 0 Å². The van der Waals surface area contributed by atoms with Crippen LogP contribution in [0, 0.1) is 13.8 Å². The third-order valence-corrected chi connectivity index (χ3v) is 3.31. The molecule has 2 heteroatoms. The van der Waals surface area contributed by atoms with Gasteiger partial charge in [-0.1, -0.05) is 36.4 Å². The van der Waals surface area contributed by atoms with Crippen molar-refractivity contribution in [3.05, 3.63) is 66.0 Å². The molecule has 0 amide bonds. The number of nitrogens with zero attached hydrogens (tertiary/aromatic N) is 2. The summed E-state index contributed by atoms with van der Waals surface area (Å²) in [4.78, 5) is 4.62. The van der Waals surface area contributed by atoms with Crippen molar-refractivity contribution in [3.63, 3.8) is 0 Å². The normalized spacial score (nSPS) is 10.8. The van der Waals surface area contributed by atoms with E-state index in [1.165, 1.54) is 16.8 Å². The van der Waals surface area contributed by atoms with E-state index in [2.05, 4.69) is 53.7 Å². The molecule has 0 radical (unpaired) electrons. The average molecular weight is 235 g/mol. The lowest BCUT2D eigenvalue weighted by Crippen LogP contribution is -2.27. The maximum atomic E-state index is 4.62. The highest BCUT2D eigenvalue weighted by Gasteiger charge is 2.17. The van der Waals surface area contributed by atoms with Crippen molar-refractivity contribution in [1.82, 2.24) is 4.98 Å². The number of hydrogen-bond donors (Lipinski definition) is 0. The summed E-state index contributed by atoms with van der Waals surface area (Å²) < 4.78 is 2.15. The van der Waals surface area contributed by atoms with Crippen molar-refractivity contribution in [1.29, 1.82) is 0 Å². The SMILES string of the molecule is Cc1nc2cccc[n+]2c(-c2ccccc2)c1C. The molecule has 3 aromatic rings. The minimum atomic E-state index is 0.986. The summed E-state index contributed by atoms with van der Waals surface area (Å²) in [6, 6.07) is 16.6. The van der Waals surface area contributed by atoms with Gasteiger partial charge in [-0.2, -0.15) is 4.40 Å². The van der Waals surface area contributed by atoms with Crippen LogP contribution in [-0.2, 0) is 0 Å². The average Bonchev–Trinajstić information content (AvgIpc) is 2.41. The Labute approximate surface area is 107 Å². The van der Waals surface area contributed by atoms with Crippen LogP contribution >= 0.6 is 0 Å². The quantitative estimate of drug-likeness (QED) is 0.592. The smallest absolute Gasteiger partial charge is 0.196 e. The third kappa shape index (κ3) is 1.66. The molecule has 0 aliphatic rings. The fourth-order valence-corrected chi connectivity index (χ4v) is 2.27. The summed E-state index contributed by atoms with van der Waals surface area (Å²) in [5.41, 5.74) is 5.74. The van der Waals surface area contributed by atoms with E-state index >= 15 is 0 Å². The second kappa shape index (κ2) is 4.22. The molecule has 0 aliphatic carbocycles. The van der Waals surface area contributed by atoms with E-state index in [4.69, 9.17) is 0 Å². The van der Waals surface area contributed by atoms with Gasteiger partial charge in [0.05, 0.1) is 6.20 Å². The highest BCUT2D eigenvalue weighted by molar-refractivity contribution is 5.61. The predicted octanol–water partition coefficient (Wildman–Crippen LogP) is 3.10. The lowest BCUT2D eigenvalue weighted by Gasteiger charge is -2.06. The maximum Gasteiger partial charge on any atom is 0.328 e. The molecule has 0 N–H and O–H groups in total. The van der Waals surface area contributed by atoms with E-state index in [9.17, 15) is 0 Å². The van der Waals surface area contributed by atoms with Gasteiger partial charge in [0, 0.05) is 24.1 Å². The summed E-state index contributed by atoms with van der Waals surface area (Å²) in [5.74, 6) is 0. The number of benzene rings is 1. The molecule has 88 valence electrons. The van der Waals surface area contributed by atoms with E-state index in [1.54, 1.807) is 0 Å². The molecule has 0 aliphatic heterocycles. The zero-order chi connectivity index (χ0) is 12.5. The summed E-state index contributed by atoms with van der Waals surface area (Å²) in [7, 11) is 0. The fraction of sp³-hybridized carbons (Fsp3) is 0.125. The standard InChI is InChI=1S/C16H15N2/c1-12-13(2)17-15-10-6-7-11-18(15)16(12)14-8-4-3-5-9-14/h3-11H,1-2H3/q+1. The molecule has 0 fully saturated rings. The molecular formula is C16H15N2+. The van der Waals surface area contributed by atoms with Crippen molar-refractivity contribution in [3.8, 4) is 11.3 Å². The topological polar surface area (TPSA) is 17.0 Å². The van der Waals surface area contributed by atoms with Crippen LogP contribution in [0.4, 0.5) is 0 Å². The first kappa shape index (κ1) is 10.9. The third-order valence-electron chi connectivity index (χ3n) is 3.31. The Balaban J connectivity index is 2.43. The monoisotopic (exact) mass is 235 g/mol. The Morgan fingerprint density at radius 3 is 2.39 bits per heavy atom. The van der Waals surface area contributed by atoms with Gasteiger partial charge in [0.15, 0.2) is 5.69 Å². The van der Waals surface area contributed by atoms with Crippen LogP contribution in [0.5, 0.6) is 0 Å². The van der Waals surface area contributed by atoms with Crippen LogP contribution in [0.15, 0.2) is 54.7 Å².